The molecule has 0 bridgehead atoms. The molecule has 0 radical (unpaired) electrons. The minimum atomic E-state index is -1.11. The average Bonchev–Trinajstić information content (AvgIpc) is 3.22. The molecule has 0 atom stereocenters. The summed E-state index contributed by atoms with van der Waals surface area (Å²) >= 11 is 6.11. The molecule has 2 aromatic rings. The second-order valence-electron chi connectivity index (χ2n) is 5.66. The van der Waals surface area contributed by atoms with E-state index in [1.807, 2.05) is 0 Å². The first-order chi connectivity index (χ1) is 13.3. The van der Waals surface area contributed by atoms with Crippen molar-refractivity contribution in [1.82, 2.24) is 10.2 Å². The van der Waals surface area contributed by atoms with Gasteiger partial charge >= 0.3 is 18.0 Å². The molecule has 1 aliphatic heterocycles. The third-order valence-corrected chi connectivity index (χ3v) is 4.20. The van der Waals surface area contributed by atoms with Gasteiger partial charge in [0.1, 0.15) is 23.8 Å². The Morgan fingerprint density at radius 2 is 2.04 bits per heavy atom. The number of urea groups is 1. The number of halogens is 1. The number of furan rings is 1. The van der Waals surface area contributed by atoms with Crippen LogP contribution in [0.4, 0.5) is 4.79 Å². The van der Waals surface area contributed by atoms with Gasteiger partial charge in [-0.1, -0.05) is 11.6 Å². The Morgan fingerprint density at radius 1 is 1.29 bits per heavy atom. The number of aromatic carboxylic acids is 1. The molecule has 9 nitrogen and oxygen atoms in total. The fourth-order valence-electron chi connectivity index (χ4n) is 2.47. The van der Waals surface area contributed by atoms with Gasteiger partial charge in [-0.05, 0) is 30.3 Å². The van der Waals surface area contributed by atoms with Gasteiger partial charge in [-0.2, -0.15) is 0 Å². The molecule has 10 heteroatoms. The summed E-state index contributed by atoms with van der Waals surface area (Å²) in [7, 11) is 1.15. The van der Waals surface area contributed by atoms with Crippen molar-refractivity contribution < 1.29 is 33.4 Å². The standard InChI is InChI=1S/C18H13ClN2O7/c1-27-15(22)8-21-16(23)13(20-18(21)26)7-10-3-5-14(28-10)11-6-9(17(24)25)2-4-12(11)19/h2-7H,8H2,1H3,(H,20,26)(H,24,25)/b13-7+. The number of carboxylic acid groups (broad SMARTS) is 1. The van der Waals surface area contributed by atoms with Crippen molar-refractivity contribution in [1.29, 1.82) is 0 Å². The highest BCUT2D eigenvalue weighted by atomic mass is 35.5. The van der Waals surface area contributed by atoms with E-state index in [4.69, 9.17) is 21.1 Å². The Morgan fingerprint density at radius 3 is 2.71 bits per heavy atom. The van der Waals surface area contributed by atoms with Crippen LogP contribution in [0.5, 0.6) is 0 Å². The number of carbonyl (C=O) groups excluding carboxylic acids is 3. The third-order valence-electron chi connectivity index (χ3n) is 3.87. The number of benzene rings is 1. The van der Waals surface area contributed by atoms with E-state index in [9.17, 15) is 19.2 Å². The van der Waals surface area contributed by atoms with Crippen LogP contribution in [0.15, 0.2) is 40.4 Å². The largest absolute Gasteiger partial charge is 0.478 e. The van der Waals surface area contributed by atoms with E-state index in [0.717, 1.165) is 7.11 Å². The molecule has 1 fully saturated rings. The van der Waals surface area contributed by atoms with Gasteiger partial charge in [0.05, 0.1) is 17.7 Å². The maximum atomic E-state index is 12.3. The van der Waals surface area contributed by atoms with E-state index < -0.39 is 30.4 Å². The second kappa shape index (κ2) is 7.57. The first kappa shape index (κ1) is 19.2. The topological polar surface area (TPSA) is 126 Å². The van der Waals surface area contributed by atoms with Crippen LogP contribution in [-0.2, 0) is 14.3 Å². The Bertz CT molecular complexity index is 1020. The van der Waals surface area contributed by atoms with Gasteiger partial charge < -0.3 is 19.6 Å². The average molecular weight is 405 g/mol. The molecule has 28 heavy (non-hydrogen) atoms. The van der Waals surface area contributed by atoms with E-state index in [2.05, 4.69) is 10.1 Å². The summed E-state index contributed by atoms with van der Waals surface area (Å²) in [5.74, 6) is -2.06. The molecule has 1 aliphatic rings. The Hall–Kier alpha value is -3.59. The minimum Gasteiger partial charge on any atom is -0.478 e. The van der Waals surface area contributed by atoms with Crippen molar-refractivity contribution in [2.24, 2.45) is 0 Å². The highest BCUT2D eigenvalue weighted by Gasteiger charge is 2.35. The highest BCUT2D eigenvalue weighted by molar-refractivity contribution is 6.33. The second-order valence-corrected chi connectivity index (χ2v) is 6.06. The van der Waals surface area contributed by atoms with E-state index in [0.29, 0.717) is 10.5 Å². The van der Waals surface area contributed by atoms with Gasteiger partial charge in [-0.3, -0.25) is 9.59 Å². The lowest BCUT2D eigenvalue weighted by molar-refractivity contribution is -0.143. The van der Waals surface area contributed by atoms with E-state index >= 15 is 0 Å². The van der Waals surface area contributed by atoms with Crippen molar-refractivity contribution in [3.05, 3.63) is 52.4 Å². The van der Waals surface area contributed by atoms with Crippen LogP contribution >= 0.6 is 11.6 Å². The molecule has 0 unspecified atom stereocenters. The van der Waals surface area contributed by atoms with Crippen LogP contribution in [-0.4, -0.2) is 47.5 Å². The number of nitrogens with one attached hydrogen (secondary N) is 1. The van der Waals surface area contributed by atoms with Crippen LogP contribution in [0.2, 0.25) is 5.02 Å². The number of imide groups is 1. The molecule has 3 amide bonds. The summed E-state index contributed by atoms with van der Waals surface area (Å²) < 4.78 is 10.0. The molecular weight excluding hydrogens is 392 g/mol. The number of ether oxygens (including phenoxy) is 1. The molecule has 0 spiro atoms. The monoisotopic (exact) mass is 404 g/mol. The SMILES string of the molecule is COC(=O)CN1C(=O)N/C(=C/c2ccc(-c3cc(C(=O)O)ccc3Cl)o2)C1=O. The number of nitrogens with zero attached hydrogens (tertiary/aromatic N) is 1. The van der Waals surface area contributed by atoms with Crippen molar-refractivity contribution in [2.45, 2.75) is 0 Å². The number of hydrogen-bond donors (Lipinski definition) is 2. The molecule has 0 aliphatic carbocycles. The Labute approximate surface area is 163 Å². The number of carbonyl (C=O) groups is 4. The van der Waals surface area contributed by atoms with Crippen molar-refractivity contribution in [2.75, 3.05) is 13.7 Å². The summed E-state index contributed by atoms with van der Waals surface area (Å²) in [4.78, 5) is 47.2. The van der Waals surface area contributed by atoms with E-state index in [-0.39, 0.29) is 27.8 Å². The van der Waals surface area contributed by atoms with Crippen LogP contribution < -0.4 is 5.32 Å². The molecule has 144 valence electrons. The summed E-state index contributed by atoms with van der Waals surface area (Å²) in [6, 6.07) is 6.47. The first-order valence-corrected chi connectivity index (χ1v) is 8.22. The van der Waals surface area contributed by atoms with E-state index in [1.54, 1.807) is 6.07 Å². The normalized spacial score (nSPS) is 15.1. The zero-order valence-corrected chi connectivity index (χ0v) is 15.1. The molecule has 2 heterocycles. The first-order valence-electron chi connectivity index (χ1n) is 7.84. The van der Waals surface area contributed by atoms with Crippen LogP contribution in [0, 0.1) is 0 Å². The lowest BCUT2D eigenvalue weighted by Gasteiger charge is -2.08. The fourth-order valence-corrected chi connectivity index (χ4v) is 2.68. The van der Waals surface area contributed by atoms with Crippen LogP contribution in [0.3, 0.4) is 0 Å². The van der Waals surface area contributed by atoms with Gasteiger partial charge in [0.25, 0.3) is 5.91 Å². The smallest absolute Gasteiger partial charge is 0.335 e. The van der Waals surface area contributed by atoms with Crippen LogP contribution in [0.25, 0.3) is 17.4 Å². The van der Waals surface area contributed by atoms with Gasteiger partial charge in [0, 0.05) is 11.6 Å². The summed E-state index contributed by atoms with van der Waals surface area (Å²) in [6.07, 6.45) is 1.29. The molecule has 0 saturated carbocycles. The lowest BCUT2D eigenvalue weighted by atomic mass is 10.1. The maximum Gasteiger partial charge on any atom is 0.335 e. The molecule has 2 N–H and O–H groups in total. The summed E-state index contributed by atoms with van der Waals surface area (Å²) in [5.41, 5.74) is 0.313. The van der Waals surface area contributed by atoms with Crippen LogP contribution in [0.1, 0.15) is 16.1 Å². The predicted octanol–water partition coefficient (Wildman–Crippen LogP) is 2.36. The van der Waals surface area contributed by atoms with E-state index in [1.165, 1.54) is 30.3 Å². The minimum absolute atomic E-state index is 0.0346. The Balaban J connectivity index is 1.86. The lowest BCUT2D eigenvalue weighted by Crippen LogP contribution is -2.36. The number of amides is 3. The molecule has 1 saturated heterocycles. The highest BCUT2D eigenvalue weighted by Crippen LogP contribution is 2.31. The number of hydrogen-bond acceptors (Lipinski definition) is 6. The number of rotatable bonds is 5. The summed E-state index contributed by atoms with van der Waals surface area (Å²) in [6.45, 7) is -0.514. The third kappa shape index (κ3) is 3.74. The van der Waals surface area contributed by atoms with Crippen molar-refractivity contribution in [3.63, 3.8) is 0 Å². The van der Waals surface area contributed by atoms with Gasteiger partial charge in [-0.15, -0.1) is 0 Å². The van der Waals surface area contributed by atoms with Crippen molar-refractivity contribution in [3.8, 4) is 11.3 Å². The molecular formula is C18H13ClN2O7. The molecule has 3 rings (SSSR count). The number of carboxylic acids is 1. The van der Waals surface area contributed by atoms with Gasteiger partial charge in [0.2, 0.25) is 0 Å². The maximum absolute atomic E-state index is 12.3. The van der Waals surface area contributed by atoms with Crippen molar-refractivity contribution >= 4 is 41.6 Å². The molecule has 1 aromatic carbocycles. The summed E-state index contributed by atoms with van der Waals surface area (Å²) in [5, 5.41) is 11.7. The molecule has 1 aromatic heterocycles. The predicted molar refractivity (Wildman–Crippen MR) is 96.4 cm³/mol. The number of esters is 1. The fraction of sp³-hybridized carbons (Fsp3) is 0.111. The van der Waals surface area contributed by atoms with Gasteiger partial charge in [-0.25, -0.2) is 14.5 Å². The quantitative estimate of drug-likeness (QED) is 0.445. The number of methoxy groups -OCH3 is 1. The zero-order chi connectivity index (χ0) is 20.4. The zero-order valence-electron chi connectivity index (χ0n) is 14.4. The van der Waals surface area contributed by atoms with Gasteiger partial charge in [0.15, 0.2) is 0 Å². The Kier molecular flexibility index (Phi) is 5.18.